The first kappa shape index (κ1) is 31.9. The number of anilines is 2. The van der Waals surface area contributed by atoms with E-state index < -0.39 is 21.8 Å². The van der Waals surface area contributed by atoms with E-state index in [0.29, 0.717) is 52.2 Å². The maximum Gasteiger partial charge on any atom is 0.416 e. The van der Waals surface area contributed by atoms with Crippen molar-refractivity contribution in [2.24, 2.45) is 0 Å². The maximum atomic E-state index is 13.8. The Kier molecular flexibility index (Phi) is 9.42. The number of amides is 1. The molecule has 9 nitrogen and oxygen atoms in total. The number of carbonyl (C=O) groups excluding carboxylic acids is 1. The molecule has 1 amide bonds. The van der Waals surface area contributed by atoms with Crippen LogP contribution in [0.4, 0.5) is 24.5 Å². The molecule has 236 valence electrons. The van der Waals surface area contributed by atoms with Crippen LogP contribution in [0.5, 0.6) is 5.75 Å². The fraction of sp³-hybridized carbons (Fsp3) is 0.250. The van der Waals surface area contributed by atoms with E-state index in [4.69, 9.17) is 14.2 Å². The summed E-state index contributed by atoms with van der Waals surface area (Å²) in [5.41, 5.74) is 2.47. The third-order valence-electron chi connectivity index (χ3n) is 7.04. The lowest BCUT2D eigenvalue weighted by Gasteiger charge is -2.29. The Morgan fingerprint density at radius 1 is 0.956 bits per heavy atom. The van der Waals surface area contributed by atoms with Crippen molar-refractivity contribution in [1.29, 1.82) is 0 Å². The topological polar surface area (TPSA) is 107 Å². The molecule has 0 fully saturated rings. The van der Waals surface area contributed by atoms with Crippen LogP contribution in [0.3, 0.4) is 0 Å². The fourth-order valence-corrected chi connectivity index (χ4v) is 5.51. The Morgan fingerprint density at radius 2 is 1.76 bits per heavy atom. The highest BCUT2D eigenvalue weighted by Crippen LogP contribution is 2.38. The van der Waals surface area contributed by atoms with Crippen LogP contribution >= 0.6 is 0 Å². The molecule has 0 saturated heterocycles. The number of rotatable bonds is 11. The zero-order chi connectivity index (χ0) is 32.2. The molecule has 3 aromatic carbocycles. The number of sulfonamides is 1. The van der Waals surface area contributed by atoms with Gasteiger partial charge in [0.05, 0.1) is 36.4 Å². The van der Waals surface area contributed by atoms with Gasteiger partial charge in [0, 0.05) is 36.7 Å². The number of carbonyl (C=O) groups is 1. The molecule has 45 heavy (non-hydrogen) atoms. The van der Waals surface area contributed by atoms with E-state index in [1.807, 2.05) is 0 Å². The summed E-state index contributed by atoms with van der Waals surface area (Å²) >= 11 is 0. The van der Waals surface area contributed by atoms with Crippen molar-refractivity contribution in [2.75, 3.05) is 49.5 Å². The Morgan fingerprint density at radius 3 is 2.47 bits per heavy atom. The Bertz CT molecular complexity index is 1800. The number of pyridine rings is 1. The van der Waals surface area contributed by atoms with Crippen LogP contribution in [0.2, 0.25) is 0 Å². The minimum atomic E-state index is -4.56. The first-order chi connectivity index (χ1) is 21.4. The van der Waals surface area contributed by atoms with Crippen LogP contribution in [0.15, 0.2) is 79.0 Å². The van der Waals surface area contributed by atoms with Gasteiger partial charge in [-0.1, -0.05) is 18.2 Å². The molecule has 1 aliphatic rings. The average molecular weight is 642 g/mol. The Labute approximate surface area is 258 Å². The Balaban J connectivity index is 1.43. The standard InChI is InChI=1S/C32H30F3N3O6S/c1-42-13-14-43-20-44-30-9-7-26(19-29(30)37-45(2,40)41)38-12-10-22-15-21(6-8-27(22)31(38)39)23-16-24(28-5-3-4-11-36-28)18-25(17-23)32(33,34)35/h3-9,11,15-19,37H,10,12-14,20H2,1-2H3. The lowest BCUT2D eigenvalue weighted by molar-refractivity contribution is -0.137. The van der Waals surface area contributed by atoms with Crippen LogP contribution in [-0.2, 0) is 32.1 Å². The summed E-state index contributed by atoms with van der Waals surface area (Å²) in [7, 11) is -2.15. The van der Waals surface area contributed by atoms with E-state index in [1.54, 1.807) is 54.6 Å². The molecule has 2 heterocycles. The second-order valence-corrected chi connectivity index (χ2v) is 12.1. The van der Waals surface area contributed by atoms with Gasteiger partial charge in [-0.05, 0) is 77.7 Å². The normalized spacial score (nSPS) is 13.4. The third-order valence-corrected chi connectivity index (χ3v) is 7.63. The number of nitrogens with zero attached hydrogens (tertiary/aromatic N) is 2. The van der Waals surface area contributed by atoms with Crippen molar-refractivity contribution in [3.05, 3.63) is 95.7 Å². The number of hydrogen-bond donors (Lipinski definition) is 1. The van der Waals surface area contributed by atoms with Gasteiger partial charge in [0.15, 0.2) is 6.79 Å². The number of alkyl halides is 3. The summed E-state index contributed by atoms with van der Waals surface area (Å²) in [4.78, 5) is 19.3. The van der Waals surface area contributed by atoms with Crippen LogP contribution in [0.25, 0.3) is 22.4 Å². The van der Waals surface area contributed by atoms with E-state index >= 15 is 0 Å². The van der Waals surface area contributed by atoms with E-state index in [9.17, 15) is 26.4 Å². The molecule has 1 aliphatic heterocycles. The van der Waals surface area contributed by atoms with Crippen molar-refractivity contribution < 1.29 is 40.6 Å². The minimum Gasteiger partial charge on any atom is -0.465 e. The van der Waals surface area contributed by atoms with Gasteiger partial charge in [0.25, 0.3) is 5.91 Å². The lowest BCUT2D eigenvalue weighted by Crippen LogP contribution is -2.37. The van der Waals surface area contributed by atoms with Gasteiger partial charge >= 0.3 is 6.18 Å². The first-order valence-corrected chi connectivity index (χ1v) is 15.7. The SMILES string of the molecule is COCCOCOc1ccc(N2CCc3cc(-c4cc(-c5ccccn5)cc(C(F)(F)F)c4)ccc3C2=O)cc1NS(C)(=O)=O. The van der Waals surface area contributed by atoms with Crippen molar-refractivity contribution in [3.63, 3.8) is 0 Å². The van der Waals surface area contributed by atoms with Gasteiger partial charge in [-0.2, -0.15) is 13.2 Å². The zero-order valence-electron chi connectivity index (χ0n) is 24.4. The molecule has 0 spiro atoms. The number of ether oxygens (including phenoxy) is 3. The molecule has 0 unspecified atom stereocenters. The molecular weight excluding hydrogens is 611 g/mol. The lowest BCUT2D eigenvalue weighted by atomic mass is 9.92. The summed E-state index contributed by atoms with van der Waals surface area (Å²) in [5.74, 6) is -0.120. The molecule has 1 N–H and O–H groups in total. The molecule has 0 radical (unpaired) electrons. The van der Waals surface area contributed by atoms with Gasteiger partial charge in [0.2, 0.25) is 10.0 Å². The summed E-state index contributed by atoms with van der Waals surface area (Å²) < 4.78 is 83.8. The summed E-state index contributed by atoms with van der Waals surface area (Å²) in [5, 5.41) is 0. The zero-order valence-corrected chi connectivity index (χ0v) is 25.2. The van der Waals surface area contributed by atoms with Crippen molar-refractivity contribution in [2.45, 2.75) is 12.6 Å². The molecule has 0 bridgehead atoms. The van der Waals surface area contributed by atoms with Crippen LogP contribution in [-0.4, -0.2) is 59.2 Å². The van der Waals surface area contributed by atoms with Crippen molar-refractivity contribution in [1.82, 2.24) is 4.98 Å². The highest BCUT2D eigenvalue weighted by molar-refractivity contribution is 7.92. The van der Waals surface area contributed by atoms with Crippen LogP contribution < -0.4 is 14.4 Å². The third kappa shape index (κ3) is 7.80. The predicted molar refractivity (Wildman–Crippen MR) is 164 cm³/mol. The molecule has 4 aromatic rings. The van der Waals surface area contributed by atoms with Gasteiger partial charge < -0.3 is 19.1 Å². The number of aromatic nitrogens is 1. The van der Waals surface area contributed by atoms with E-state index in [-0.39, 0.29) is 37.3 Å². The number of hydrogen-bond acceptors (Lipinski definition) is 7. The summed E-state index contributed by atoms with van der Waals surface area (Å²) in [6, 6.07) is 18.5. The van der Waals surface area contributed by atoms with Gasteiger partial charge in [0.1, 0.15) is 5.75 Å². The monoisotopic (exact) mass is 641 g/mol. The highest BCUT2D eigenvalue weighted by atomic mass is 32.2. The van der Waals surface area contributed by atoms with Gasteiger partial charge in [-0.15, -0.1) is 0 Å². The fourth-order valence-electron chi connectivity index (χ4n) is 4.95. The van der Waals surface area contributed by atoms with Crippen LogP contribution in [0, 0.1) is 0 Å². The minimum absolute atomic E-state index is 0.132. The summed E-state index contributed by atoms with van der Waals surface area (Å²) in [6.45, 7) is 0.763. The number of fused-ring (bicyclic) bond motifs is 1. The van der Waals surface area contributed by atoms with Crippen molar-refractivity contribution >= 4 is 27.3 Å². The molecule has 5 rings (SSSR count). The van der Waals surface area contributed by atoms with Gasteiger partial charge in [-0.3, -0.25) is 14.5 Å². The van der Waals surface area contributed by atoms with Crippen molar-refractivity contribution in [3.8, 4) is 28.1 Å². The number of nitrogens with one attached hydrogen (secondary N) is 1. The molecule has 0 aliphatic carbocycles. The van der Waals surface area contributed by atoms with Crippen LogP contribution in [0.1, 0.15) is 21.5 Å². The molecule has 0 saturated carbocycles. The largest absolute Gasteiger partial charge is 0.465 e. The number of benzene rings is 3. The predicted octanol–water partition coefficient (Wildman–Crippen LogP) is 6.01. The highest BCUT2D eigenvalue weighted by Gasteiger charge is 2.32. The molecule has 1 aromatic heterocycles. The average Bonchev–Trinajstić information content (AvgIpc) is 3.00. The Hall–Kier alpha value is -4.46. The van der Waals surface area contributed by atoms with E-state index in [2.05, 4.69) is 9.71 Å². The van der Waals surface area contributed by atoms with E-state index in [0.717, 1.165) is 18.4 Å². The first-order valence-electron chi connectivity index (χ1n) is 13.8. The smallest absolute Gasteiger partial charge is 0.416 e. The van der Waals surface area contributed by atoms with E-state index in [1.165, 1.54) is 24.3 Å². The second-order valence-electron chi connectivity index (χ2n) is 10.3. The molecule has 0 atom stereocenters. The van der Waals surface area contributed by atoms with Gasteiger partial charge in [-0.25, -0.2) is 8.42 Å². The molecular formula is C32H30F3N3O6S. The maximum absolute atomic E-state index is 13.8. The quantitative estimate of drug-likeness (QED) is 0.158. The molecule has 13 heteroatoms. The summed E-state index contributed by atoms with van der Waals surface area (Å²) in [6.07, 6.45) is -1.62. The number of halogens is 3. The second kappa shape index (κ2) is 13.3. The number of methoxy groups -OCH3 is 1.